The number of carboxylic acids is 1. The van der Waals surface area contributed by atoms with E-state index in [0.29, 0.717) is 6.04 Å². The Kier molecular flexibility index (Phi) is 4.64. The normalized spacial score (nSPS) is 19.5. The van der Waals surface area contributed by atoms with Gasteiger partial charge in [0.1, 0.15) is 5.82 Å². The van der Waals surface area contributed by atoms with Gasteiger partial charge in [-0.25, -0.2) is 9.78 Å². The van der Waals surface area contributed by atoms with Crippen LogP contribution < -0.4 is 4.90 Å². The van der Waals surface area contributed by atoms with Crippen LogP contribution in [-0.4, -0.2) is 28.6 Å². The minimum atomic E-state index is -1.07. The maximum atomic E-state index is 11.1. The molecule has 19 heavy (non-hydrogen) atoms. The topological polar surface area (TPSA) is 53.4 Å². The van der Waals surface area contributed by atoms with Gasteiger partial charge in [-0.15, -0.1) is 0 Å². The van der Waals surface area contributed by atoms with Crippen LogP contribution in [0.25, 0.3) is 0 Å². The van der Waals surface area contributed by atoms with Crippen LogP contribution in [0.1, 0.15) is 49.5 Å². The quantitative estimate of drug-likeness (QED) is 0.917. The van der Waals surface area contributed by atoms with Gasteiger partial charge in [-0.1, -0.05) is 24.9 Å². The van der Waals surface area contributed by atoms with Gasteiger partial charge in [0.05, 0.1) is 5.02 Å². The molecule has 5 heteroatoms. The van der Waals surface area contributed by atoms with E-state index in [9.17, 15) is 4.79 Å². The number of carboxylic acid groups (broad SMARTS) is 1. The standard InChI is InChI=1S/C14H19ClN2O2/c1-2-5-10-6-3-4-9-17(10)12-8-7-11(15)13(16-12)14(18)19/h7-8,10H,2-6,9H2,1H3,(H,18,19). The zero-order valence-electron chi connectivity index (χ0n) is 11.1. The van der Waals surface area contributed by atoms with Crippen molar-refractivity contribution in [2.45, 2.75) is 45.1 Å². The van der Waals surface area contributed by atoms with Gasteiger partial charge in [0, 0.05) is 12.6 Å². The molecule has 1 aromatic rings. The lowest BCUT2D eigenvalue weighted by atomic mass is 9.98. The molecule has 1 N–H and O–H groups in total. The SMILES string of the molecule is CCCC1CCCCN1c1ccc(Cl)c(C(=O)O)n1. The number of hydrogen-bond acceptors (Lipinski definition) is 3. The fraction of sp³-hybridized carbons (Fsp3) is 0.571. The highest BCUT2D eigenvalue weighted by molar-refractivity contribution is 6.33. The molecule has 2 heterocycles. The molecule has 4 nitrogen and oxygen atoms in total. The van der Waals surface area contributed by atoms with E-state index in [4.69, 9.17) is 16.7 Å². The highest BCUT2D eigenvalue weighted by Gasteiger charge is 2.24. The molecule has 1 aliphatic rings. The lowest BCUT2D eigenvalue weighted by molar-refractivity contribution is 0.0690. The van der Waals surface area contributed by atoms with Crippen molar-refractivity contribution >= 4 is 23.4 Å². The van der Waals surface area contributed by atoms with Crippen LogP contribution in [0.15, 0.2) is 12.1 Å². The molecule has 0 bridgehead atoms. The summed E-state index contributed by atoms with van der Waals surface area (Å²) in [5.41, 5.74) is -0.0556. The molecule has 1 saturated heterocycles. The minimum Gasteiger partial charge on any atom is -0.476 e. The van der Waals surface area contributed by atoms with Crippen molar-refractivity contribution in [3.63, 3.8) is 0 Å². The van der Waals surface area contributed by atoms with Gasteiger partial charge in [-0.2, -0.15) is 0 Å². The van der Waals surface area contributed by atoms with Crippen LogP contribution in [-0.2, 0) is 0 Å². The Morgan fingerprint density at radius 1 is 1.53 bits per heavy atom. The van der Waals surface area contributed by atoms with Crippen LogP contribution >= 0.6 is 11.6 Å². The van der Waals surface area contributed by atoms with Gasteiger partial charge in [0.2, 0.25) is 0 Å². The number of rotatable bonds is 4. The Hall–Kier alpha value is -1.29. The number of piperidine rings is 1. The fourth-order valence-electron chi connectivity index (χ4n) is 2.68. The van der Waals surface area contributed by atoms with Crippen LogP contribution in [0, 0.1) is 0 Å². The molecular formula is C14H19ClN2O2. The third-order valence-corrected chi connectivity index (χ3v) is 3.88. The number of aromatic nitrogens is 1. The first kappa shape index (κ1) is 14.1. The molecule has 1 unspecified atom stereocenters. The summed E-state index contributed by atoms with van der Waals surface area (Å²) < 4.78 is 0. The molecular weight excluding hydrogens is 264 g/mol. The average molecular weight is 283 g/mol. The van der Waals surface area contributed by atoms with Crippen LogP contribution in [0.5, 0.6) is 0 Å². The number of nitrogens with zero attached hydrogens (tertiary/aromatic N) is 2. The molecule has 1 aromatic heterocycles. The summed E-state index contributed by atoms with van der Waals surface area (Å²) in [5.74, 6) is -0.337. The first-order chi connectivity index (χ1) is 9.13. The summed E-state index contributed by atoms with van der Waals surface area (Å²) in [4.78, 5) is 17.6. The molecule has 0 amide bonds. The first-order valence-electron chi connectivity index (χ1n) is 6.80. The Labute approximate surface area is 118 Å². The summed E-state index contributed by atoms with van der Waals surface area (Å²) >= 11 is 5.87. The number of aromatic carboxylic acids is 1. The van der Waals surface area contributed by atoms with Crippen molar-refractivity contribution in [1.82, 2.24) is 4.98 Å². The average Bonchev–Trinajstić information content (AvgIpc) is 2.40. The molecule has 1 fully saturated rings. The molecule has 0 spiro atoms. The lowest BCUT2D eigenvalue weighted by Gasteiger charge is -2.36. The third kappa shape index (κ3) is 3.18. The number of hydrogen-bond donors (Lipinski definition) is 1. The monoisotopic (exact) mass is 282 g/mol. The number of carbonyl (C=O) groups is 1. The van der Waals surface area contributed by atoms with Crippen LogP contribution in [0.3, 0.4) is 0 Å². The van der Waals surface area contributed by atoms with E-state index in [1.807, 2.05) is 6.07 Å². The van der Waals surface area contributed by atoms with E-state index in [1.165, 1.54) is 6.42 Å². The second kappa shape index (κ2) is 6.24. The van der Waals surface area contributed by atoms with E-state index >= 15 is 0 Å². The predicted molar refractivity (Wildman–Crippen MR) is 76.1 cm³/mol. The summed E-state index contributed by atoms with van der Waals surface area (Å²) in [5, 5.41) is 9.29. The summed E-state index contributed by atoms with van der Waals surface area (Å²) in [7, 11) is 0. The second-order valence-electron chi connectivity index (χ2n) is 4.94. The number of anilines is 1. The van der Waals surface area contributed by atoms with E-state index in [0.717, 1.165) is 38.0 Å². The summed E-state index contributed by atoms with van der Waals surface area (Å²) in [6.45, 7) is 3.11. The largest absolute Gasteiger partial charge is 0.476 e. The van der Waals surface area contributed by atoms with Gasteiger partial charge in [0.15, 0.2) is 5.69 Å². The minimum absolute atomic E-state index is 0.0556. The van der Waals surface area contributed by atoms with E-state index < -0.39 is 5.97 Å². The van der Waals surface area contributed by atoms with E-state index in [2.05, 4.69) is 16.8 Å². The number of pyridine rings is 1. The van der Waals surface area contributed by atoms with Gasteiger partial charge < -0.3 is 10.0 Å². The Bertz CT molecular complexity index is 463. The maximum absolute atomic E-state index is 11.1. The molecule has 1 aliphatic heterocycles. The van der Waals surface area contributed by atoms with Gasteiger partial charge >= 0.3 is 5.97 Å². The Morgan fingerprint density at radius 2 is 2.32 bits per heavy atom. The highest BCUT2D eigenvalue weighted by Crippen LogP contribution is 2.27. The van der Waals surface area contributed by atoms with Crippen LogP contribution in [0.2, 0.25) is 5.02 Å². The van der Waals surface area contributed by atoms with Crippen molar-refractivity contribution in [3.05, 3.63) is 22.8 Å². The molecule has 0 radical (unpaired) electrons. The van der Waals surface area contributed by atoms with Gasteiger partial charge in [-0.05, 0) is 37.8 Å². The first-order valence-corrected chi connectivity index (χ1v) is 7.17. The van der Waals surface area contributed by atoms with Gasteiger partial charge in [-0.3, -0.25) is 0 Å². The van der Waals surface area contributed by atoms with Gasteiger partial charge in [0.25, 0.3) is 0 Å². The zero-order chi connectivity index (χ0) is 13.8. The Balaban J connectivity index is 2.28. The fourth-order valence-corrected chi connectivity index (χ4v) is 2.86. The molecule has 1 atom stereocenters. The van der Waals surface area contributed by atoms with Crippen molar-refractivity contribution in [1.29, 1.82) is 0 Å². The maximum Gasteiger partial charge on any atom is 0.356 e. The Morgan fingerprint density at radius 3 is 3.00 bits per heavy atom. The van der Waals surface area contributed by atoms with E-state index in [-0.39, 0.29) is 10.7 Å². The van der Waals surface area contributed by atoms with Crippen molar-refractivity contribution in [2.75, 3.05) is 11.4 Å². The smallest absolute Gasteiger partial charge is 0.356 e. The number of halogens is 1. The highest BCUT2D eigenvalue weighted by atomic mass is 35.5. The third-order valence-electron chi connectivity index (χ3n) is 3.58. The van der Waals surface area contributed by atoms with Crippen molar-refractivity contribution in [2.24, 2.45) is 0 Å². The van der Waals surface area contributed by atoms with Crippen molar-refractivity contribution in [3.8, 4) is 0 Å². The summed E-state index contributed by atoms with van der Waals surface area (Å²) in [6.07, 6.45) is 5.77. The molecule has 2 rings (SSSR count). The molecule has 0 aromatic carbocycles. The molecule has 104 valence electrons. The summed E-state index contributed by atoms with van der Waals surface area (Å²) in [6, 6.07) is 3.92. The van der Waals surface area contributed by atoms with Crippen molar-refractivity contribution < 1.29 is 9.90 Å². The second-order valence-corrected chi connectivity index (χ2v) is 5.34. The lowest BCUT2D eigenvalue weighted by Crippen LogP contribution is -2.40. The van der Waals surface area contributed by atoms with Crippen LogP contribution in [0.4, 0.5) is 5.82 Å². The molecule has 0 saturated carbocycles. The van der Waals surface area contributed by atoms with E-state index in [1.54, 1.807) is 6.07 Å². The predicted octanol–water partition coefficient (Wildman–Crippen LogP) is 3.59. The zero-order valence-corrected chi connectivity index (χ0v) is 11.9. The molecule has 0 aliphatic carbocycles.